The van der Waals surface area contributed by atoms with Gasteiger partial charge >= 0.3 is 0 Å². The number of Topliss-reactive ketones (excluding diaryl/α,β-unsaturated/α-hetero) is 1. The van der Waals surface area contributed by atoms with E-state index in [1.165, 1.54) is 0 Å². The van der Waals surface area contributed by atoms with Crippen molar-refractivity contribution in [3.05, 3.63) is 70.3 Å². The van der Waals surface area contributed by atoms with Gasteiger partial charge in [-0.15, -0.1) is 12.8 Å². The fourth-order valence-corrected chi connectivity index (χ4v) is 4.04. The van der Waals surface area contributed by atoms with Crippen molar-refractivity contribution in [3.63, 3.8) is 0 Å². The van der Waals surface area contributed by atoms with Crippen LogP contribution in [-0.2, 0) is 4.79 Å². The minimum absolute atomic E-state index is 0. The Labute approximate surface area is 165 Å². The number of halogens is 1. The molecule has 2 aliphatic rings. The van der Waals surface area contributed by atoms with Gasteiger partial charge in [0.05, 0.1) is 11.8 Å². The molecule has 0 radical (unpaired) electrons. The molecule has 1 aliphatic carbocycles. The van der Waals surface area contributed by atoms with Gasteiger partial charge in [-0.2, -0.15) is 5.26 Å². The number of benzene rings is 1. The van der Waals surface area contributed by atoms with Crippen LogP contribution in [0.25, 0.3) is 0 Å². The smallest absolute Gasteiger partial charge is 0.162 e. The highest BCUT2D eigenvalue weighted by Crippen LogP contribution is 2.49. The van der Waals surface area contributed by atoms with E-state index in [1.54, 1.807) is 0 Å². The quantitative estimate of drug-likeness (QED) is 0.728. The highest BCUT2D eigenvalue weighted by Gasteiger charge is 2.42. The number of carbonyl (C=O) groups excluding carboxylic acids is 1. The van der Waals surface area contributed by atoms with Crippen LogP contribution in [0.2, 0.25) is 0 Å². The van der Waals surface area contributed by atoms with E-state index in [4.69, 9.17) is 0 Å². The van der Waals surface area contributed by atoms with Crippen LogP contribution in [0.5, 0.6) is 0 Å². The molecule has 2 aromatic rings. The number of fused-ring (bicyclic) bond motifs is 1. The van der Waals surface area contributed by atoms with Crippen LogP contribution in [-0.4, -0.2) is 10.8 Å². The highest BCUT2D eigenvalue weighted by molar-refractivity contribution is 6.01. The summed E-state index contributed by atoms with van der Waals surface area (Å²) in [6.45, 7) is 4.12. The molecule has 4 rings (SSSR count). The monoisotopic (exact) mass is 375 g/mol. The number of allylic oxidation sites excluding steroid dienone is 2. The lowest BCUT2D eigenvalue weighted by Gasteiger charge is -2.39. The van der Waals surface area contributed by atoms with Gasteiger partial charge in [-0.05, 0) is 17.4 Å². The van der Waals surface area contributed by atoms with Crippen molar-refractivity contribution in [3.8, 4) is 18.9 Å². The normalized spacial score (nSPS) is 19.3. The van der Waals surface area contributed by atoms with Crippen LogP contribution in [0.1, 0.15) is 50.7 Å². The molecule has 4 nitrogen and oxygen atoms in total. The third kappa shape index (κ3) is 3.17. The Morgan fingerprint density at radius 2 is 1.96 bits per heavy atom. The minimum atomic E-state index is -0.665. The molecule has 0 amide bonds. The maximum Gasteiger partial charge on any atom is 0.162 e. The number of rotatable bonds is 1. The number of carbonyl (C=O) groups is 1. The van der Waals surface area contributed by atoms with Crippen LogP contribution in [0, 0.1) is 35.4 Å². The van der Waals surface area contributed by atoms with Gasteiger partial charge in [0.15, 0.2) is 11.6 Å². The molecule has 0 saturated carbocycles. The Balaban J connectivity index is 0.000000970. The number of nitrogens with zero attached hydrogens (tertiary/aromatic N) is 2. The van der Waals surface area contributed by atoms with E-state index in [2.05, 4.69) is 37.0 Å². The summed E-state index contributed by atoms with van der Waals surface area (Å²) in [5, 5.41) is 12.8. The Kier molecular flexibility index (Phi) is 5.03. The van der Waals surface area contributed by atoms with Gasteiger partial charge in [0.2, 0.25) is 0 Å². The number of aromatic nitrogens is 1. The highest BCUT2D eigenvalue weighted by atomic mass is 19.1. The first-order valence-electron chi connectivity index (χ1n) is 8.91. The lowest BCUT2D eigenvalue weighted by Crippen LogP contribution is -2.34. The van der Waals surface area contributed by atoms with Gasteiger partial charge in [-0.25, -0.2) is 9.37 Å². The Morgan fingerprint density at radius 3 is 2.61 bits per heavy atom. The first-order chi connectivity index (χ1) is 13.4. The van der Waals surface area contributed by atoms with Gasteiger partial charge in [0.25, 0.3) is 0 Å². The van der Waals surface area contributed by atoms with E-state index in [-0.39, 0.29) is 18.2 Å². The second kappa shape index (κ2) is 7.29. The van der Waals surface area contributed by atoms with Crippen molar-refractivity contribution in [2.75, 3.05) is 5.32 Å². The fraction of sp³-hybridized carbons (Fsp3) is 0.261. The minimum Gasteiger partial charge on any atom is -0.343 e. The third-order valence-electron chi connectivity index (χ3n) is 5.08. The van der Waals surface area contributed by atoms with Gasteiger partial charge < -0.3 is 5.32 Å². The van der Waals surface area contributed by atoms with Crippen LogP contribution < -0.4 is 5.32 Å². The lowest BCUT2D eigenvalue weighted by atomic mass is 9.68. The van der Waals surface area contributed by atoms with E-state index < -0.39 is 11.7 Å². The second-order valence-electron chi connectivity index (χ2n) is 7.66. The fourth-order valence-electron chi connectivity index (χ4n) is 4.04. The zero-order valence-electron chi connectivity index (χ0n) is 15.8. The van der Waals surface area contributed by atoms with Crippen LogP contribution in [0.3, 0.4) is 0 Å². The molecular weight excluding hydrogens is 353 g/mol. The number of terminal acetylenes is 1. The molecular formula is C23H22FN3O. The van der Waals surface area contributed by atoms with E-state index in [1.807, 2.05) is 36.4 Å². The molecule has 1 aromatic carbocycles. The van der Waals surface area contributed by atoms with Gasteiger partial charge in [0, 0.05) is 30.6 Å². The molecule has 0 bridgehead atoms. The summed E-state index contributed by atoms with van der Waals surface area (Å²) < 4.78 is 14.3. The van der Waals surface area contributed by atoms with Gasteiger partial charge in [0.1, 0.15) is 11.9 Å². The Hall–Kier alpha value is -3.44. The molecule has 0 saturated heterocycles. The Bertz CT molecular complexity index is 1040. The molecule has 1 aromatic heterocycles. The zero-order chi connectivity index (χ0) is 20.5. The van der Waals surface area contributed by atoms with E-state index in [0.717, 1.165) is 17.5 Å². The summed E-state index contributed by atoms with van der Waals surface area (Å²) in [4.78, 5) is 17.2. The van der Waals surface area contributed by atoms with Gasteiger partial charge in [-0.3, -0.25) is 4.79 Å². The summed E-state index contributed by atoms with van der Waals surface area (Å²) >= 11 is 0. The molecule has 142 valence electrons. The van der Waals surface area contributed by atoms with E-state index in [9.17, 15) is 14.4 Å². The lowest BCUT2D eigenvalue weighted by molar-refractivity contribution is -0.118. The van der Waals surface area contributed by atoms with E-state index >= 15 is 0 Å². The van der Waals surface area contributed by atoms with Crippen molar-refractivity contribution in [1.82, 2.24) is 4.98 Å². The molecule has 1 unspecified atom stereocenters. The summed E-state index contributed by atoms with van der Waals surface area (Å²) in [7, 11) is 0. The molecule has 1 atom stereocenters. The number of nitrogens with one attached hydrogen (secondary N) is 1. The maximum atomic E-state index is 14.3. The number of nitriles is 1. The molecule has 0 spiro atoms. The van der Waals surface area contributed by atoms with Crippen LogP contribution in [0.15, 0.2) is 47.8 Å². The number of pyridine rings is 1. The summed E-state index contributed by atoms with van der Waals surface area (Å²) in [5.41, 5.74) is 2.56. The molecule has 1 aliphatic heterocycles. The zero-order valence-corrected chi connectivity index (χ0v) is 15.8. The predicted octanol–water partition coefficient (Wildman–Crippen LogP) is 4.79. The summed E-state index contributed by atoms with van der Waals surface area (Å²) in [6, 6.07) is 11.4. The third-order valence-corrected chi connectivity index (χ3v) is 5.08. The summed E-state index contributed by atoms with van der Waals surface area (Å²) in [6.07, 6.45) is 10.2. The molecule has 5 heteroatoms. The average molecular weight is 375 g/mol. The van der Waals surface area contributed by atoms with Gasteiger partial charge in [-0.1, -0.05) is 44.2 Å². The van der Waals surface area contributed by atoms with Crippen molar-refractivity contribution in [2.45, 2.75) is 32.6 Å². The van der Waals surface area contributed by atoms with Crippen molar-refractivity contribution < 1.29 is 10.6 Å². The predicted molar refractivity (Wildman–Crippen MR) is 108 cm³/mol. The van der Waals surface area contributed by atoms with Crippen molar-refractivity contribution >= 4 is 11.6 Å². The number of anilines is 1. The molecule has 2 heterocycles. The second-order valence-corrected chi connectivity index (χ2v) is 7.66. The number of hydrogen-bond acceptors (Lipinski definition) is 4. The van der Waals surface area contributed by atoms with E-state index in [0.29, 0.717) is 29.8 Å². The van der Waals surface area contributed by atoms with Crippen LogP contribution >= 0.6 is 0 Å². The first-order valence-corrected chi connectivity index (χ1v) is 8.91. The number of ketones is 1. The molecule has 28 heavy (non-hydrogen) atoms. The molecule has 1 N–H and O–H groups in total. The van der Waals surface area contributed by atoms with Crippen molar-refractivity contribution in [1.29, 1.82) is 5.26 Å². The average Bonchev–Trinajstić information content (AvgIpc) is 2.68. The largest absolute Gasteiger partial charge is 0.343 e. The standard InChI is InChI=1S/C21H18FN3O.C2H2.H2/c1-21(2)8-15-19(16(26)9-21)17(12-6-4-3-5-7-12)18-13(10-23)14(22)11-24-20(18)25-15;1-2;/h3-7,11,17H,8-9H2,1-2H3,(H,24,25);1-2H;1H. The van der Waals surface area contributed by atoms with Crippen molar-refractivity contribution in [2.24, 2.45) is 5.41 Å². The SMILES string of the molecule is C#C.CC1(C)CC(=O)C2=C(C1)Nc1ncc(F)c(C#N)c1C2c1ccccc1.[HH]. The first kappa shape index (κ1) is 19.3. The Morgan fingerprint density at radius 1 is 1.29 bits per heavy atom. The number of hydrogen-bond donors (Lipinski definition) is 1. The molecule has 0 fully saturated rings. The topological polar surface area (TPSA) is 65.8 Å². The summed E-state index contributed by atoms with van der Waals surface area (Å²) in [5.74, 6) is -0.650. The van der Waals surface area contributed by atoms with Crippen LogP contribution in [0.4, 0.5) is 10.2 Å². The maximum absolute atomic E-state index is 14.3.